The number of Topliss-reactive ketones (excluding diaryl/α,β-unsaturated/α-hetero) is 1. The fraction of sp³-hybridized carbons (Fsp3) is 0.348. The molecule has 166 valence electrons. The first-order valence-corrected chi connectivity index (χ1v) is 11.0. The van der Waals surface area contributed by atoms with Crippen molar-refractivity contribution in [1.82, 2.24) is 25.0 Å². The Hall–Kier alpha value is -3.95. The Bertz CT molecular complexity index is 1330. The van der Waals surface area contributed by atoms with Crippen molar-refractivity contribution in [2.45, 2.75) is 25.3 Å². The van der Waals surface area contributed by atoms with E-state index in [0.29, 0.717) is 53.3 Å². The molecule has 0 amide bonds. The number of ketones is 1. The standard InChI is InChI=1S/C23H22N8O2/c1-13-4-5-18(31-27-7-8-28-31)16(9-13)20(32)23(30-24)11-14-10-15(14)17(23)12-26-22-29-21-19(33-22)3-2-6-25-21/h2-9,14-15,17,24H,10-12H2,1H3,(H,25,26,29). The monoisotopic (exact) mass is 442 g/mol. The molecule has 6 rings (SSSR count). The van der Waals surface area contributed by atoms with E-state index in [-0.39, 0.29) is 11.7 Å². The van der Waals surface area contributed by atoms with Crippen molar-refractivity contribution in [3.05, 3.63) is 60.0 Å². The van der Waals surface area contributed by atoms with E-state index in [9.17, 15) is 4.79 Å². The van der Waals surface area contributed by atoms with E-state index in [1.165, 1.54) is 4.80 Å². The van der Waals surface area contributed by atoms with Gasteiger partial charge >= 0.3 is 0 Å². The molecule has 3 aromatic heterocycles. The average Bonchev–Trinajstić information content (AvgIpc) is 3.20. The van der Waals surface area contributed by atoms with Crippen LogP contribution in [0.4, 0.5) is 6.01 Å². The summed E-state index contributed by atoms with van der Waals surface area (Å²) in [5.41, 5.74) is 10.1. The normalized spacial score (nSPS) is 25.7. The molecular weight excluding hydrogens is 420 g/mol. The molecule has 1 aromatic carbocycles. The summed E-state index contributed by atoms with van der Waals surface area (Å²) in [7, 11) is 0. The van der Waals surface area contributed by atoms with Crippen LogP contribution in [0.2, 0.25) is 0 Å². The highest BCUT2D eigenvalue weighted by Crippen LogP contribution is 2.62. The van der Waals surface area contributed by atoms with Crippen molar-refractivity contribution in [2.75, 3.05) is 11.9 Å². The minimum Gasteiger partial charge on any atom is -0.422 e. The summed E-state index contributed by atoms with van der Waals surface area (Å²) < 4.78 is 5.74. The Labute approximate surface area is 188 Å². The van der Waals surface area contributed by atoms with Crippen molar-refractivity contribution >= 4 is 23.0 Å². The summed E-state index contributed by atoms with van der Waals surface area (Å²) in [4.78, 5) is 24.1. The number of aromatic nitrogens is 5. The predicted octanol–water partition coefficient (Wildman–Crippen LogP) is 3.83. The van der Waals surface area contributed by atoms with Gasteiger partial charge < -0.3 is 9.73 Å². The first-order chi connectivity index (χ1) is 16.1. The number of aryl methyl sites for hydroxylation is 1. The van der Waals surface area contributed by atoms with Gasteiger partial charge in [0.05, 0.1) is 18.1 Å². The Morgan fingerprint density at radius 2 is 2.15 bits per heavy atom. The molecule has 3 heterocycles. The van der Waals surface area contributed by atoms with Gasteiger partial charge in [-0.2, -0.15) is 25.1 Å². The molecule has 0 spiro atoms. The molecule has 2 saturated carbocycles. The molecule has 0 saturated heterocycles. The Balaban J connectivity index is 1.33. The highest BCUT2D eigenvalue weighted by molar-refractivity contribution is 6.06. The summed E-state index contributed by atoms with van der Waals surface area (Å²) in [6, 6.07) is 9.56. The van der Waals surface area contributed by atoms with Crippen molar-refractivity contribution in [2.24, 2.45) is 22.9 Å². The number of pyridine rings is 1. The molecule has 4 unspecified atom stereocenters. The van der Waals surface area contributed by atoms with Crippen LogP contribution in [-0.4, -0.2) is 42.8 Å². The lowest BCUT2D eigenvalue weighted by Crippen LogP contribution is -2.45. The van der Waals surface area contributed by atoms with Crippen molar-refractivity contribution in [1.29, 1.82) is 5.53 Å². The third kappa shape index (κ3) is 3.12. The first kappa shape index (κ1) is 19.7. The van der Waals surface area contributed by atoms with Crippen LogP contribution in [0.5, 0.6) is 0 Å². The van der Waals surface area contributed by atoms with E-state index in [1.54, 1.807) is 24.7 Å². The third-order valence-electron chi connectivity index (χ3n) is 6.94. The van der Waals surface area contributed by atoms with E-state index >= 15 is 0 Å². The summed E-state index contributed by atoms with van der Waals surface area (Å²) in [6.45, 7) is 2.37. The fourth-order valence-electron chi connectivity index (χ4n) is 5.29. The summed E-state index contributed by atoms with van der Waals surface area (Å²) in [5, 5.41) is 15.7. The van der Waals surface area contributed by atoms with Crippen LogP contribution in [0.1, 0.15) is 28.8 Å². The summed E-state index contributed by atoms with van der Waals surface area (Å²) >= 11 is 0. The number of nitrogens with one attached hydrogen (secondary N) is 2. The van der Waals surface area contributed by atoms with E-state index in [0.717, 1.165) is 12.0 Å². The Morgan fingerprint density at radius 3 is 2.94 bits per heavy atom. The van der Waals surface area contributed by atoms with Gasteiger partial charge in [0, 0.05) is 24.2 Å². The van der Waals surface area contributed by atoms with Crippen LogP contribution in [-0.2, 0) is 0 Å². The van der Waals surface area contributed by atoms with Crippen LogP contribution in [0.25, 0.3) is 16.9 Å². The number of carbonyl (C=O) groups excluding carboxylic acids is 1. The maximum Gasteiger partial charge on any atom is 0.297 e. The Kier molecular flexibility index (Phi) is 4.36. The van der Waals surface area contributed by atoms with Gasteiger partial charge in [0.15, 0.2) is 11.4 Å². The van der Waals surface area contributed by atoms with Crippen LogP contribution in [0.15, 0.2) is 58.5 Å². The van der Waals surface area contributed by atoms with Crippen molar-refractivity contribution < 1.29 is 9.21 Å². The zero-order valence-corrected chi connectivity index (χ0v) is 18.0. The number of nitrogens with zero attached hydrogens (tertiary/aromatic N) is 6. The molecule has 33 heavy (non-hydrogen) atoms. The molecule has 0 aliphatic heterocycles. The first-order valence-electron chi connectivity index (χ1n) is 11.0. The molecule has 4 aromatic rings. The van der Waals surface area contributed by atoms with Gasteiger partial charge in [0.25, 0.3) is 6.01 Å². The zero-order chi connectivity index (χ0) is 22.6. The van der Waals surface area contributed by atoms with Gasteiger partial charge in [-0.1, -0.05) is 11.6 Å². The fourth-order valence-corrected chi connectivity index (χ4v) is 5.29. The Morgan fingerprint density at radius 1 is 1.30 bits per heavy atom. The number of benzene rings is 1. The molecule has 10 heteroatoms. The molecule has 4 atom stereocenters. The number of oxazole rings is 1. The minimum atomic E-state index is -1.14. The van der Waals surface area contributed by atoms with E-state index in [1.807, 2.05) is 31.2 Å². The van der Waals surface area contributed by atoms with Crippen LogP contribution in [0.3, 0.4) is 0 Å². The zero-order valence-electron chi connectivity index (χ0n) is 18.0. The molecule has 0 bridgehead atoms. The average molecular weight is 442 g/mol. The largest absolute Gasteiger partial charge is 0.422 e. The smallest absolute Gasteiger partial charge is 0.297 e. The van der Waals surface area contributed by atoms with Crippen molar-refractivity contribution in [3.8, 4) is 5.69 Å². The number of carbonyl (C=O) groups is 1. The van der Waals surface area contributed by atoms with Crippen molar-refractivity contribution in [3.63, 3.8) is 0 Å². The molecule has 2 aliphatic rings. The van der Waals surface area contributed by atoms with Crippen LogP contribution >= 0.6 is 0 Å². The molecule has 2 fully saturated rings. The van der Waals surface area contributed by atoms with E-state index in [4.69, 9.17) is 9.95 Å². The second-order valence-electron chi connectivity index (χ2n) is 8.90. The maximum atomic E-state index is 14.0. The van der Waals surface area contributed by atoms with Gasteiger partial charge in [-0.3, -0.25) is 4.79 Å². The minimum absolute atomic E-state index is 0.144. The maximum absolute atomic E-state index is 14.0. The van der Waals surface area contributed by atoms with Crippen LogP contribution < -0.4 is 5.32 Å². The van der Waals surface area contributed by atoms with Gasteiger partial charge in [-0.15, -0.1) is 0 Å². The van der Waals surface area contributed by atoms with E-state index in [2.05, 4.69) is 30.6 Å². The second kappa shape index (κ2) is 7.29. The number of anilines is 1. The van der Waals surface area contributed by atoms with E-state index < -0.39 is 5.54 Å². The number of hydrogen-bond donors (Lipinski definition) is 2. The molecule has 2 aliphatic carbocycles. The lowest BCUT2D eigenvalue weighted by molar-refractivity contribution is 0.0824. The summed E-state index contributed by atoms with van der Waals surface area (Å²) in [5.74, 6) is 0.437. The number of hydrogen-bond acceptors (Lipinski definition) is 9. The predicted molar refractivity (Wildman–Crippen MR) is 118 cm³/mol. The van der Waals surface area contributed by atoms with Gasteiger partial charge in [-0.25, -0.2) is 10.5 Å². The van der Waals surface area contributed by atoms with Gasteiger partial charge in [0.2, 0.25) is 5.65 Å². The van der Waals surface area contributed by atoms with Gasteiger partial charge in [0.1, 0.15) is 5.54 Å². The molecule has 0 radical (unpaired) electrons. The van der Waals surface area contributed by atoms with Crippen LogP contribution in [0, 0.1) is 30.2 Å². The highest BCUT2D eigenvalue weighted by atomic mass is 16.4. The third-order valence-corrected chi connectivity index (χ3v) is 6.94. The topological polar surface area (TPSA) is 135 Å². The lowest BCUT2D eigenvalue weighted by Gasteiger charge is -2.31. The SMILES string of the molecule is Cc1ccc(-n2nccn2)c(C(=O)C2(N=N)CC3CC3C2CNc2nc3ncccc3o2)c1. The lowest BCUT2D eigenvalue weighted by atomic mass is 9.77. The molecule has 2 N–H and O–H groups in total. The second-order valence-corrected chi connectivity index (χ2v) is 8.90. The number of fused-ring (bicyclic) bond motifs is 2. The molecular formula is C23H22N8O2. The number of rotatable bonds is 7. The van der Waals surface area contributed by atoms with Gasteiger partial charge in [-0.05, 0) is 55.9 Å². The quantitative estimate of drug-likeness (QED) is 0.328. The molecule has 10 nitrogen and oxygen atoms in total. The summed E-state index contributed by atoms with van der Waals surface area (Å²) in [6.07, 6.45) is 6.43. The highest BCUT2D eigenvalue weighted by Gasteiger charge is 2.65.